The molecule has 6 rings (SSSR count). The van der Waals surface area contributed by atoms with Gasteiger partial charge in [-0.05, 0) is 84.0 Å². The van der Waals surface area contributed by atoms with Gasteiger partial charge in [0.1, 0.15) is 24.4 Å². The van der Waals surface area contributed by atoms with Crippen molar-refractivity contribution in [1.29, 1.82) is 0 Å². The minimum atomic E-state index is -4.20. The molecular weight excluding hydrogens is 1120 g/mol. The van der Waals surface area contributed by atoms with Crippen LogP contribution in [0.4, 0.5) is 0 Å². The van der Waals surface area contributed by atoms with Crippen molar-refractivity contribution in [3.05, 3.63) is 173 Å². The Morgan fingerprint density at radius 1 is 0.506 bits per heavy atom. The molecule has 0 spiro atoms. The van der Waals surface area contributed by atoms with Crippen molar-refractivity contribution in [1.82, 2.24) is 4.72 Å². The molecule has 1 aliphatic heterocycles. The van der Waals surface area contributed by atoms with Crippen LogP contribution in [-0.2, 0) is 73.7 Å². The maximum Gasteiger partial charge on any atom is 0.240 e. The molecule has 0 bridgehead atoms. The smallest absolute Gasteiger partial charge is 0.240 e. The summed E-state index contributed by atoms with van der Waals surface area (Å²) in [7, 11) is -9.45. The summed E-state index contributed by atoms with van der Waals surface area (Å²) in [5.74, 6) is 0. The van der Waals surface area contributed by atoms with Crippen LogP contribution in [0.15, 0.2) is 150 Å². The van der Waals surface area contributed by atoms with Gasteiger partial charge in [0.15, 0.2) is 22.9 Å². The van der Waals surface area contributed by atoms with Crippen LogP contribution in [0, 0.1) is 6.92 Å². The van der Waals surface area contributed by atoms with Crippen LogP contribution in [-0.4, -0.2) is 87.2 Å². The van der Waals surface area contributed by atoms with Gasteiger partial charge in [-0.3, -0.25) is 0 Å². The van der Waals surface area contributed by atoms with Crippen LogP contribution in [0.5, 0.6) is 0 Å². The van der Waals surface area contributed by atoms with E-state index in [0.717, 1.165) is 47.1 Å². The molecule has 0 amide bonds. The molecule has 11 nitrogen and oxygen atoms in total. The van der Waals surface area contributed by atoms with Gasteiger partial charge in [-0.25, -0.2) is 13.1 Å². The quantitative estimate of drug-likeness (QED) is 0.0302. The third-order valence-electron chi connectivity index (χ3n) is 17.5. The summed E-state index contributed by atoms with van der Waals surface area (Å²) >= 11 is 0. The summed E-state index contributed by atoms with van der Waals surface area (Å²) in [6, 6.07) is 46.3. The summed E-state index contributed by atoms with van der Waals surface area (Å²) in [5, 5.41) is -0.390. The van der Waals surface area contributed by atoms with Gasteiger partial charge < -0.3 is 37.3 Å². The molecule has 1 aliphatic rings. The van der Waals surface area contributed by atoms with E-state index in [4.69, 9.17) is 37.3 Å². The Morgan fingerprint density at radius 3 is 1.38 bits per heavy atom. The van der Waals surface area contributed by atoms with Gasteiger partial charge >= 0.3 is 0 Å². The number of aryl methyl sites for hydroxylation is 1. The maximum atomic E-state index is 15.2. The number of benzene rings is 5. The fourth-order valence-corrected chi connectivity index (χ4v) is 14.2. The molecule has 1 saturated heterocycles. The molecule has 8 atom stereocenters. The van der Waals surface area contributed by atoms with Crippen molar-refractivity contribution < 1.29 is 45.7 Å². The summed E-state index contributed by atoms with van der Waals surface area (Å²) in [4.78, 5) is 0.151. The lowest BCUT2D eigenvalue weighted by Gasteiger charge is -2.48. The van der Waals surface area contributed by atoms with Crippen LogP contribution < -0.4 is 4.72 Å². The van der Waals surface area contributed by atoms with E-state index in [9.17, 15) is 0 Å². The van der Waals surface area contributed by atoms with Gasteiger partial charge in [-0.15, -0.1) is 0 Å². The van der Waals surface area contributed by atoms with Crippen LogP contribution in [0.3, 0.4) is 0 Å². The van der Waals surface area contributed by atoms with Crippen molar-refractivity contribution in [2.75, 3.05) is 13.2 Å². The molecule has 1 fully saturated rings. The zero-order chi connectivity index (χ0) is 61.4. The van der Waals surface area contributed by atoms with Crippen molar-refractivity contribution in [3.63, 3.8) is 0 Å². The van der Waals surface area contributed by atoms with E-state index >= 15 is 8.42 Å². The highest BCUT2D eigenvalue weighted by Crippen LogP contribution is 2.42. The normalized spacial score (nSPS) is 19.2. The predicted octanol–water partition coefficient (Wildman–Crippen LogP) is 17.2. The molecule has 470 valence electrons. The molecule has 2 unspecified atom stereocenters. The molecular formula is C71H107NO10SSi2. The van der Waals surface area contributed by atoms with Crippen molar-refractivity contribution in [3.8, 4) is 0 Å². The highest BCUT2D eigenvalue weighted by Gasteiger charge is 2.51. The van der Waals surface area contributed by atoms with Crippen molar-refractivity contribution in [2.45, 2.75) is 255 Å². The van der Waals surface area contributed by atoms with Crippen molar-refractivity contribution >= 4 is 26.7 Å². The zero-order valence-electron chi connectivity index (χ0n) is 53.9. The number of hydrogen-bond donors (Lipinski definition) is 1. The molecule has 0 aliphatic carbocycles. The second-order valence-electron chi connectivity index (χ2n) is 26.6. The highest BCUT2D eigenvalue weighted by molar-refractivity contribution is 7.89. The molecule has 5 aromatic rings. The zero-order valence-corrected chi connectivity index (χ0v) is 56.7. The molecule has 14 heteroatoms. The van der Waals surface area contributed by atoms with E-state index in [1.165, 1.54) is 57.8 Å². The first-order valence-corrected chi connectivity index (χ1v) is 39.2. The van der Waals surface area contributed by atoms with Gasteiger partial charge in [0.05, 0.1) is 62.8 Å². The van der Waals surface area contributed by atoms with E-state index in [0.29, 0.717) is 13.0 Å². The number of unbranched alkanes of at least 4 members (excludes halogenated alkanes) is 11. The van der Waals surface area contributed by atoms with Crippen molar-refractivity contribution in [2.24, 2.45) is 0 Å². The fraction of sp³-hybridized carbons (Fsp3) is 0.577. The maximum absolute atomic E-state index is 15.2. The summed E-state index contributed by atoms with van der Waals surface area (Å²) < 4.78 is 91.3. The van der Waals surface area contributed by atoms with Gasteiger partial charge in [-0.2, -0.15) is 0 Å². The van der Waals surface area contributed by atoms with Crippen LogP contribution >= 0.6 is 0 Å². The third kappa shape index (κ3) is 23.2. The van der Waals surface area contributed by atoms with Crippen LogP contribution in [0.25, 0.3) is 0 Å². The molecule has 0 radical (unpaired) electrons. The average Bonchev–Trinajstić information content (AvgIpc) is 2.91. The Morgan fingerprint density at radius 2 is 0.918 bits per heavy atom. The third-order valence-corrected chi connectivity index (χ3v) is 28.0. The summed E-state index contributed by atoms with van der Waals surface area (Å²) in [6.07, 6.45) is 9.95. The topological polar surface area (TPSA) is 120 Å². The molecule has 0 aromatic heterocycles. The van der Waals surface area contributed by atoms with Crippen LogP contribution in [0.1, 0.15) is 160 Å². The first-order valence-electron chi connectivity index (χ1n) is 31.9. The minimum Gasteiger partial charge on any atom is -0.411 e. The number of ether oxygens (including phenoxy) is 6. The second kappa shape index (κ2) is 34.8. The van der Waals surface area contributed by atoms with Gasteiger partial charge in [0, 0.05) is 0 Å². The minimum absolute atomic E-state index is 0.132. The Kier molecular flexibility index (Phi) is 28.7. The van der Waals surface area contributed by atoms with E-state index < -0.39 is 75.6 Å². The Balaban J connectivity index is 1.43. The average molecular weight is 1220 g/mol. The first kappa shape index (κ1) is 70.2. The molecule has 85 heavy (non-hydrogen) atoms. The summed E-state index contributed by atoms with van der Waals surface area (Å²) in [6.45, 7) is 27.8. The van der Waals surface area contributed by atoms with Gasteiger partial charge in [0.25, 0.3) is 0 Å². The standard InChI is InChI=1S/C71H107NO10SSi2/c1-13-14-15-16-17-18-19-20-21-22-23-36-45-63(81-84(9,10)70(3,4)5)65(82-85(11,12)71(6,7)8)62(72-83(73,74)61-48-46-56(2)47-49-61)54-79-69-68(78-53-60-43-34-27-35-44-60)67(77-52-59-41-32-26-33-42-59)66(76-51-58-39-30-25-31-40-58)64(80-69)55-75-50-57-37-28-24-29-38-57/h24-35,37-44,46-49,62-69,72H,13-23,36,45,50-55H2,1-12H3/t62-,63+,64?,65+,66-,67+,68?,69-/m0/s1. The van der Waals surface area contributed by atoms with Gasteiger partial charge in [0.2, 0.25) is 10.0 Å². The number of rotatable bonds is 38. The number of hydrogen-bond acceptors (Lipinski definition) is 10. The first-order chi connectivity index (χ1) is 40.6. The molecule has 1 heterocycles. The second-order valence-corrected chi connectivity index (χ2v) is 37.9. The lowest BCUT2D eigenvalue weighted by atomic mass is 9.97. The molecule has 0 saturated carbocycles. The fourth-order valence-electron chi connectivity index (χ4n) is 10.2. The lowest BCUT2D eigenvalue weighted by molar-refractivity contribution is -0.329. The number of nitrogens with one attached hydrogen (secondary N) is 1. The van der Waals surface area contributed by atoms with E-state index in [1.54, 1.807) is 12.1 Å². The predicted molar refractivity (Wildman–Crippen MR) is 351 cm³/mol. The summed E-state index contributed by atoms with van der Waals surface area (Å²) in [5.41, 5.74) is 4.89. The lowest BCUT2D eigenvalue weighted by Crippen LogP contribution is -2.63. The van der Waals surface area contributed by atoms with E-state index in [2.05, 4.69) is 79.4 Å². The Hall–Kier alpha value is -3.88. The molecule has 1 N–H and O–H groups in total. The monoisotopic (exact) mass is 1220 g/mol. The van der Waals surface area contributed by atoms with E-state index in [1.807, 2.05) is 140 Å². The molecule has 5 aromatic carbocycles. The number of sulfonamides is 1. The van der Waals surface area contributed by atoms with E-state index in [-0.39, 0.29) is 48.0 Å². The van der Waals surface area contributed by atoms with Crippen LogP contribution in [0.2, 0.25) is 36.3 Å². The van der Waals surface area contributed by atoms with Gasteiger partial charge in [-0.1, -0.05) is 265 Å². The largest absolute Gasteiger partial charge is 0.411 e. The SMILES string of the molecule is CCCCCCCCCCCCCC[C@@H](O[Si](C)(C)C(C)(C)C)[C@H](O[Si](C)(C)C(C)(C)C)[C@H](CO[C@H]1OC(COCc2ccccc2)[C@H](OCc2ccccc2)[C@@H](OCc2ccccc2)C1OCc1ccccc1)NS(=O)(=O)c1ccc(C)cc1. The highest BCUT2D eigenvalue weighted by atomic mass is 32.2. The Labute approximate surface area is 516 Å². The Bertz CT molecular complexity index is 2710.